The molecular formula is C13H12AsClF2N3O2. The van der Waals surface area contributed by atoms with Gasteiger partial charge in [-0.05, 0) is 0 Å². The molecule has 117 valence electrons. The molecule has 0 fully saturated rings. The Kier molecular flexibility index (Phi) is 5.91. The van der Waals surface area contributed by atoms with Crippen LogP contribution in [0.25, 0.3) is 0 Å². The quantitative estimate of drug-likeness (QED) is 0.420. The molecule has 2 heterocycles. The number of pyridine rings is 1. The number of ether oxygens (including phenoxy) is 1. The van der Waals surface area contributed by atoms with Gasteiger partial charge in [-0.3, -0.25) is 0 Å². The summed E-state index contributed by atoms with van der Waals surface area (Å²) in [5.74, 6) is -0.475. The van der Waals surface area contributed by atoms with Gasteiger partial charge in [0.2, 0.25) is 0 Å². The van der Waals surface area contributed by atoms with Crippen LogP contribution in [0.2, 0.25) is 5.15 Å². The van der Waals surface area contributed by atoms with Crippen LogP contribution in [0.15, 0.2) is 24.7 Å². The fraction of sp³-hybridized carbons (Fsp3) is 0.308. The maximum absolute atomic E-state index is 12.3. The zero-order valence-corrected chi connectivity index (χ0v) is 14.2. The van der Waals surface area contributed by atoms with E-state index in [2.05, 4.69) is 10.1 Å². The third-order valence-electron chi connectivity index (χ3n) is 2.54. The van der Waals surface area contributed by atoms with Crippen LogP contribution in [0.5, 0.6) is 0 Å². The second kappa shape index (κ2) is 7.70. The predicted molar refractivity (Wildman–Crippen MR) is 78.5 cm³/mol. The number of carbonyl (C=O) groups is 1. The molecule has 0 spiro atoms. The van der Waals surface area contributed by atoms with Gasteiger partial charge in [0.05, 0.1) is 0 Å². The number of rotatable bonds is 6. The van der Waals surface area contributed by atoms with E-state index in [1.54, 1.807) is 19.2 Å². The molecule has 0 atom stereocenters. The zero-order valence-electron chi connectivity index (χ0n) is 11.5. The first-order chi connectivity index (χ1) is 10.5. The molecule has 2 aromatic heterocycles. The fourth-order valence-corrected chi connectivity index (χ4v) is 4.16. The zero-order chi connectivity index (χ0) is 16.1. The Hall–Kier alpha value is -1.46. The van der Waals surface area contributed by atoms with Gasteiger partial charge in [-0.2, -0.15) is 0 Å². The van der Waals surface area contributed by atoms with E-state index < -0.39 is 34.7 Å². The van der Waals surface area contributed by atoms with Gasteiger partial charge in [0.15, 0.2) is 0 Å². The Morgan fingerprint density at radius 2 is 2.27 bits per heavy atom. The van der Waals surface area contributed by atoms with Crippen LogP contribution in [-0.4, -0.2) is 49.5 Å². The van der Waals surface area contributed by atoms with Gasteiger partial charge in [0.25, 0.3) is 0 Å². The Labute approximate surface area is 137 Å². The second-order valence-electron chi connectivity index (χ2n) is 4.17. The molecular weight excluding hydrogens is 379 g/mol. The first-order valence-corrected chi connectivity index (χ1v) is 8.60. The minimum absolute atomic E-state index is 0.254. The van der Waals surface area contributed by atoms with Crippen molar-refractivity contribution in [2.24, 2.45) is 0 Å². The van der Waals surface area contributed by atoms with Crippen molar-refractivity contribution in [3.63, 3.8) is 0 Å². The molecule has 2 aromatic rings. The van der Waals surface area contributed by atoms with E-state index >= 15 is 0 Å². The van der Waals surface area contributed by atoms with Gasteiger partial charge < -0.3 is 0 Å². The van der Waals surface area contributed by atoms with Crippen LogP contribution in [0.4, 0.5) is 8.78 Å². The average molecular weight is 391 g/mol. The first-order valence-electron chi connectivity index (χ1n) is 6.34. The van der Waals surface area contributed by atoms with Gasteiger partial charge in [0.1, 0.15) is 0 Å². The fourth-order valence-electron chi connectivity index (χ4n) is 1.67. The molecule has 1 radical (unpaired) electrons. The van der Waals surface area contributed by atoms with E-state index in [4.69, 9.17) is 16.3 Å². The third kappa shape index (κ3) is 4.52. The topological polar surface area (TPSA) is 57.0 Å². The van der Waals surface area contributed by atoms with Crippen LogP contribution in [0, 0.1) is 0 Å². The van der Waals surface area contributed by atoms with Crippen molar-refractivity contribution in [1.82, 2.24) is 14.8 Å². The molecule has 0 unspecified atom stereocenters. The minimum atomic E-state index is -2.46. The van der Waals surface area contributed by atoms with E-state index in [-0.39, 0.29) is 11.8 Å². The monoisotopic (exact) mass is 390 g/mol. The first kappa shape index (κ1) is 16.9. The van der Waals surface area contributed by atoms with Crippen molar-refractivity contribution in [3.8, 4) is 0 Å². The number of aromatic nitrogens is 3. The van der Waals surface area contributed by atoms with Gasteiger partial charge in [-0.15, -0.1) is 0 Å². The van der Waals surface area contributed by atoms with Crippen molar-refractivity contribution in [3.05, 3.63) is 35.4 Å². The summed E-state index contributed by atoms with van der Waals surface area (Å²) >= 11 is 5.22. The number of nitrogens with zero attached hydrogens (tertiary/aromatic N) is 3. The molecule has 2 rings (SSSR count). The molecule has 0 N–H and O–H groups in total. The van der Waals surface area contributed by atoms with E-state index in [0.29, 0.717) is 9.91 Å². The Bertz CT molecular complexity index is 666. The molecule has 5 nitrogen and oxygen atoms in total. The Morgan fingerprint density at radius 3 is 2.95 bits per heavy atom. The summed E-state index contributed by atoms with van der Waals surface area (Å²) < 4.78 is 32.3. The summed E-state index contributed by atoms with van der Waals surface area (Å²) in [5, 5.41) is 4.14. The van der Waals surface area contributed by atoms with E-state index in [1.165, 1.54) is 17.1 Å². The Morgan fingerprint density at radius 1 is 1.50 bits per heavy atom. The summed E-state index contributed by atoms with van der Waals surface area (Å²) in [6.07, 6.45) is 1.98. The molecule has 0 saturated carbocycles. The SMILES string of the molecule is CCOC(=O)c1cnc(Cl)cc1[As]c1cnn(CC(F)F)c1. The van der Waals surface area contributed by atoms with E-state index in [1.807, 2.05) is 0 Å². The summed E-state index contributed by atoms with van der Waals surface area (Å²) in [6, 6.07) is 1.60. The van der Waals surface area contributed by atoms with Crippen LogP contribution in [0.1, 0.15) is 17.3 Å². The predicted octanol–water partition coefficient (Wildman–Crippen LogP) is 1.03. The molecule has 9 heteroatoms. The summed E-state index contributed by atoms with van der Waals surface area (Å²) in [7, 11) is 0. The number of esters is 1. The van der Waals surface area contributed by atoms with Gasteiger partial charge in [-0.25, -0.2) is 0 Å². The molecule has 0 aromatic carbocycles. The standard InChI is InChI=1S/C13H12AsClF2N3O2/c1-2-22-13(21)9-5-18-11(15)3-10(9)14-8-4-19-20(6-8)7-12(16)17/h3-6,12H,2,7H2,1H3. The number of halogens is 3. The van der Waals surface area contributed by atoms with Gasteiger partial charge in [-0.1, -0.05) is 0 Å². The van der Waals surface area contributed by atoms with Crippen molar-refractivity contribution in [2.45, 2.75) is 19.9 Å². The van der Waals surface area contributed by atoms with Gasteiger partial charge >= 0.3 is 137 Å². The van der Waals surface area contributed by atoms with Crippen LogP contribution in [0.3, 0.4) is 0 Å². The summed E-state index contributed by atoms with van der Waals surface area (Å²) in [6.45, 7) is 1.51. The molecule has 0 amide bonds. The van der Waals surface area contributed by atoms with Crippen molar-refractivity contribution in [1.29, 1.82) is 0 Å². The molecule has 0 aliphatic heterocycles. The average Bonchev–Trinajstić information content (AvgIpc) is 2.85. The van der Waals surface area contributed by atoms with Crippen molar-refractivity contribution >= 4 is 42.0 Å². The van der Waals surface area contributed by atoms with Crippen LogP contribution >= 0.6 is 11.6 Å². The number of hydrogen-bond donors (Lipinski definition) is 0. The van der Waals surface area contributed by atoms with Crippen molar-refractivity contribution < 1.29 is 18.3 Å². The van der Waals surface area contributed by atoms with Crippen molar-refractivity contribution in [2.75, 3.05) is 6.61 Å². The number of carbonyl (C=O) groups excluding carboxylic acids is 1. The van der Waals surface area contributed by atoms with E-state index in [0.717, 1.165) is 4.35 Å². The molecule has 0 aliphatic carbocycles. The van der Waals surface area contributed by atoms with Crippen LogP contribution in [-0.2, 0) is 11.3 Å². The van der Waals surface area contributed by atoms with Gasteiger partial charge in [0, 0.05) is 0 Å². The number of hydrogen-bond acceptors (Lipinski definition) is 4. The molecule has 0 aliphatic rings. The Balaban J connectivity index is 2.22. The van der Waals surface area contributed by atoms with Crippen LogP contribution < -0.4 is 8.70 Å². The second-order valence-corrected chi connectivity index (χ2v) is 7.12. The molecule has 0 bridgehead atoms. The summed E-state index contributed by atoms with van der Waals surface area (Å²) in [4.78, 5) is 15.8. The summed E-state index contributed by atoms with van der Waals surface area (Å²) in [5.41, 5.74) is 0.341. The number of alkyl halides is 2. The molecule has 22 heavy (non-hydrogen) atoms. The third-order valence-corrected chi connectivity index (χ3v) is 5.05. The maximum atomic E-state index is 12.3. The van der Waals surface area contributed by atoms with E-state index in [9.17, 15) is 13.6 Å². The molecule has 0 saturated heterocycles. The normalized spacial score (nSPS) is 11.5.